The number of carboxylic acids is 1. The predicted molar refractivity (Wildman–Crippen MR) is 76.0 cm³/mol. The lowest BCUT2D eigenvalue weighted by atomic mass is 9.86. The van der Waals surface area contributed by atoms with E-state index in [0.717, 1.165) is 6.07 Å². The van der Waals surface area contributed by atoms with Crippen molar-refractivity contribution in [1.29, 1.82) is 0 Å². The number of halogens is 2. The standard InChI is InChI=1S/C16H15F2NO2/c1-2-16(15(20)21,11-6-5-7-12(17)10-11)19-14-9-4-3-8-13(14)18/h3-10,19H,2H2,1H3,(H,20,21). The number of para-hydroxylation sites is 1. The van der Waals surface area contributed by atoms with Gasteiger partial charge in [0.05, 0.1) is 5.69 Å². The Kier molecular flexibility index (Phi) is 4.21. The van der Waals surface area contributed by atoms with Crippen molar-refractivity contribution in [2.75, 3.05) is 5.32 Å². The number of nitrogens with one attached hydrogen (secondary N) is 1. The summed E-state index contributed by atoms with van der Waals surface area (Å²) < 4.78 is 27.2. The zero-order valence-electron chi connectivity index (χ0n) is 11.4. The van der Waals surface area contributed by atoms with E-state index in [-0.39, 0.29) is 17.7 Å². The Morgan fingerprint density at radius 3 is 2.48 bits per heavy atom. The Morgan fingerprint density at radius 2 is 1.90 bits per heavy atom. The fraction of sp³-hybridized carbons (Fsp3) is 0.188. The van der Waals surface area contributed by atoms with Crippen LogP contribution in [-0.2, 0) is 10.3 Å². The van der Waals surface area contributed by atoms with E-state index in [1.54, 1.807) is 13.0 Å². The highest BCUT2D eigenvalue weighted by Crippen LogP contribution is 2.31. The van der Waals surface area contributed by atoms with E-state index < -0.39 is 23.1 Å². The van der Waals surface area contributed by atoms with E-state index in [1.807, 2.05) is 0 Å². The van der Waals surface area contributed by atoms with Crippen LogP contribution < -0.4 is 5.32 Å². The van der Waals surface area contributed by atoms with Crippen molar-refractivity contribution in [2.45, 2.75) is 18.9 Å². The van der Waals surface area contributed by atoms with Gasteiger partial charge in [0, 0.05) is 0 Å². The van der Waals surface area contributed by atoms with Crippen molar-refractivity contribution in [1.82, 2.24) is 0 Å². The number of anilines is 1. The van der Waals surface area contributed by atoms with Crippen molar-refractivity contribution in [3.63, 3.8) is 0 Å². The SMILES string of the molecule is CCC(Nc1ccccc1F)(C(=O)O)c1cccc(F)c1. The Balaban J connectivity index is 2.53. The number of aliphatic carboxylic acids is 1. The van der Waals surface area contributed by atoms with Crippen LogP contribution in [-0.4, -0.2) is 11.1 Å². The second-order valence-electron chi connectivity index (χ2n) is 4.68. The maximum Gasteiger partial charge on any atom is 0.334 e. The summed E-state index contributed by atoms with van der Waals surface area (Å²) in [4.78, 5) is 11.8. The van der Waals surface area contributed by atoms with Crippen LogP contribution in [0, 0.1) is 11.6 Å². The normalized spacial score (nSPS) is 13.5. The minimum absolute atomic E-state index is 0.0611. The first kappa shape index (κ1) is 15.0. The van der Waals surface area contributed by atoms with Crippen LogP contribution in [0.15, 0.2) is 48.5 Å². The van der Waals surface area contributed by atoms with Gasteiger partial charge < -0.3 is 10.4 Å². The van der Waals surface area contributed by atoms with Crippen LogP contribution in [0.3, 0.4) is 0 Å². The first-order chi connectivity index (χ1) is 9.99. The van der Waals surface area contributed by atoms with Crippen molar-refractivity contribution < 1.29 is 18.7 Å². The summed E-state index contributed by atoms with van der Waals surface area (Å²) >= 11 is 0. The van der Waals surface area contributed by atoms with Gasteiger partial charge in [-0.1, -0.05) is 31.2 Å². The molecule has 110 valence electrons. The molecule has 2 N–H and O–H groups in total. The molecule has 21 heavy (non-hydrogen) atoms. The van der Waals surface area contributed by atoms with E-state index in [0.29, 0.717) is 0 Å². The van der Waals surface area contributed by atoms with E-state index >= 15 is 0 Å². The number of carboxylic acid groups (broad SMARTS) is 1. The molecule has 3 nitrogen and oxygen atoms in total. The first-order valence-corrected chi connectivity index (χ1v) is 6.52. The molecule has 0 bridgehead atoms. The zero-order chi connectivity index (χ0) is 15.5. The lowest BCUT2D eigenvalue weighted by Gasteiger charge is -2.31. The topological polar surface area (TPSA) is 49.3 Å². The van der Waals surface area contributed by atoms with Crippen LogP contribution in [0.4, 0.5) is 14.5 Å². The Hall–Kier alpha value is -2.43. The third-order valence-corrected chi connectivity index (χ3v) is 3.43. The van der Waals surface area contributed by atoms with Gasteiger partial charge in [-0.15, -0.1) is 0 Å². The highest BCUT2D eigenvalue weighted by Gasteiger charge is 2.39. The maximum absolute atomic E-state index is 13.8. The Labute approximate surface area is 121 Å². The summed E-state index contributed by atoms with van der Waals surface area (Å²) in [5.74, 6) is -2.30. The molecule has 0 aliphatic rings. The largest absolute Gasteiger partial charge is 0.479 e. The minimum Gasteiger partial charge on any atom is -0.479 e. The summed E-state index contributed by atoms with van der Waals surface area (Å²) in [6.07, 6.45) is 0.125. The molecule has 1 unspecified atom stereocenters. The maximum atomic E-state index is 13.8. The lowest BCUT2D eigenvalue weighted by Crippen LogP contribution is -2.43. The molecule has 0 aromatic heterocycles. The van der Waals surface area contributed by atoms with Crippen molar-refractivity contribution in [2.24, 2.45) is 0 Å². The number of rotatable bonds is 5. The summed E-state index contributed by atoms with van der Waals surface area (Å²) in [6.45, 7) is 1.65. The molecule has 0 aliphatic heterocycles. The Bertz CT molecular complexity index is 660. The molecular formula is C16H15F2NO2. The van der Waals surface area contributed by atoms with Crippen LogP contribution in [0.5, 0.6) is 0 Å². The minimum atomic E-state index is -1.59. The van der Waals surface area contributed by atoms with Crippen molar-refractivity contribution >= 4 is 11.7 Å². The number of hydrogen-bond acceptors (Lipinski definition) is 2. The first-order valence-electron chi connectivity index (χ1n) is 6.52. The number of hydrogen-bond donors (Lipinski definition) is 2. The summed E-state index contributed by atoms with van der Waals surface area (Å²) in [5.41, 5.74) is -1.30. The second-order valence-corrected chi connectivity index (χ2v) is 4.68. The van der Waals surface area contributed by atoms with Crippen LogP contribution >= 0.6 is 0 Å². The van der Waals surface area contributed by atoms with Crippen molar-refractivity contribution in [3.05, 3.63) is 65.7 Å². The third-order valence-electron chi connectivity index (χ3n) is 3.43. The van der Waals surface area contributed by atoms with E-state index in [4.69, 9.17) is 0 Å². The van der Waals surface area contributed by atoms with Gasteiger partial charge in [0.1, 0.15) is 11.6 Å². The molecule has 0 heterocycles. The van der Waals surface area contributed by atoms with Gasteiger partial charge in [0.15, 0.2) is 5.54 Å². The number of carbonyl (C=O) groups is 1. The molecule has 0 spiro atoms. The molecule has 0 aliphatic carbocycles. The van der Waals surface area contributed by atoms with Crippen molar-refractivity contribution in [3.8, 4) is 0 Å². The second kappa shape index (κ2) is 5.91. The summed E-state index contributed by atoms with van der Waals surface area (Å²) in [5, 5.41) is 12.3. The van der Waals surface area contributed by atoms with Gasteiger partial charge in [-0.2, -0.15) is 0 Å². The lowest BCUT2D eigenvalue weighted by molar-refractivity contribution is -0.142. The van der Waals surface area contributed by atoms with Gasteiger partial charge in [0.2, 0.25) is 0 Å². The fourth-order valence-electron chi connectivity index (χ4n) is 2.24. The van der Waals surface area contributed by atoms with Crippen LogP contribution in [0.2, 0.25) is 0 Å². The fourth-order valence-corrected chi connectivity index (χ4v) is 2.24. The van der Waals surface area contributed by atoms with Gasteiger partial charge in [0.25, 0.3) is 0 Å². The highest BCUT2D eigenvalue weighted by molar-refractivity contribution is 5.84. The molecule has 0 fully saturated rings. The molecule has 1 atom stereocenters. The quantitative estimate of drug-likeness (QED) is 0.881. The molecule has 0 saturated carbocycles. The van der Waals surface area contributed by atoms with E-state index in [1.165, 1.54) is 36.4 Å². The van der Waals surface area contributed by atoms with Gasteiger partial charge in [-0.25, -0.2) is 13.6 Å². The average Bonchev–Trinajstić information content (AvgIpc) is 2.46. The molecule has 0 radical (unpaired) electrons. The molecule has 0 saturated heterocycles. The number of benzene rings is 2. The van der Waals surface area contributed by atoms with Crippen LogP contribution in [0.1, 0.15) is 18.9 Å². The molecule has 2 aromatic rings. The smallest absolute Gasteiger partial charge is 0.334 e. The molecule has 5 heteroatoms. The van der Waals surface area contributed by atoms with E-state index in [9.17, 15) is 18.7 Å². The highest BCUT2D eigenvalue weighted by atomic mass is 19.1. The van der Waals surface area contributed by atoms with Crippen LogP contribution in [0.25, 0.3) is 0 Å². The Morgan fingerprint density at radius 1 is 1.19 bits per heavy atom. The van der Waals surface area contributed by atoms with Gasteiger partial charge >= 0.3 is 5.97 Å². The third kappa shape index (κ3) is 2.86. The zero-order valence-corrected chi connectivity index (χ0v) is 11.4. The monoisotopic (exact) mass is 291 g/mol. The van der Waals surface area contributed by atoms with E-state index in [2.05, 4.69) is 5.32 Å². The summed E-state index contributed by atoms with van der Waals surface area (Å²) in [7, 11) is 0. The average molecular weight is 291 g/mol. The van der Waals surface area contributed by atoms with Gasteiger partial charge in [-0.05, 0) is 36.2 Å². The molecule has 0 amide bonds. The molecule has 2 aromatic carbocycles. The molecule has 2 rings (SSSR count). The summed E-state index contributed by atoms with van der Waals surface area (Å²) in [6, 6.07) is 11.1. The predicted octanol–water partition coefficient (Wildman–Crippen LogP) is 3.77. The van der Waals surface area contributed by atoms with Gasteiger partial charge in [-0.3, -0.25) is 0 Å². The molecular weight excluding hydrogens is 276 g/mol.